The van der Waals surface area contributed by atoms with Crippen molar-refractivity contribution in [2.24, 2.45) is 5.92 Å². The van der Waals surface area contributed by atoms with Gasteiger partial charge < -0.3 is 9.64 Å². The molecule has 1 aliphatic carbocycles. The molecular weight excluding hydrogens is 445 g/mol. The van der Waals surface area contributed by atoms with Gasteiger partial charge in [-0.25, -0.2) is 0 Å². The van der Waals surface area contributed by atoms with Gasteiger partial charge in [0.2, 0.25) is 5.91 Å². The number of rotatable bonds is 5. The fourth-order valence-electron chi connectivity index (χ4n) is 6.29. The van der Waals surface area contributed by atoms with Crippen LogP contribution in [0.4, 0.5) is 0 Å². The Bertz CT molecular complexity index is 842. The number of carbonyl (C=O) groups is 1. The van der Waals surface area contributed by atoms with Crippen molar-refractivity contribution < 1.29 is 9.53 Å². The minimum atomic E-state index is -0.146. The van der Waals surface area contributed by atoms with Crippen LogP contribution in [0.1, 0.15) is 44.6 Å². The highest BCUT2D eigenvalue weighted by Crippen LogP contribution is 2.39. The molecule has 5 nitrogen and oxygen atoms in total. The maximum atomic E-state index is 13.7. The van der Waals surface area contributed by atoms with E-state index in [2.05, 4.69) is 21.6 Å². The monoisotopic (exact) mass is 479 g/mol. The van der Waals surface area contributed by atoms with Crippen LogP contribution < -0.4 is 0 Å². The summed E-state index contributed by atoms with van der Waals surface area (Å²) in [6, 6.07) is 5.95. The lowest BCUT2D eigenvalue weighted by atomic mass is 9.77. The number of carbonyl (C=O) groups excluding carboxylic acids is 1. The first-order valence-corrected chi connectivity index (χ1v) is 13.0. The maximum absolute atomic E-state index is 13.7. The van der Waals surface area contributed by atoms with E-state index >= 15 is 0 Å². The van der Waals surface area contributed by atoms with Crippen LogP contribution in [0.5, 0.6) is 0 Å². The second-order valence-corrected chi connectivity index (χ2v) is 11.2. The summed E-state index contributed by atoms with van der Waals surface area (Å²) in [5, 5.41) is 1.03. The number of benzene rings is 1. The van der Waals surface area contributed by atoms with Crippen molar-refractivity contribution >= 4 is 29.1 Å². The molecule has 1 aromatic rings. The number of ether oxygens (including phenoxy) is 1. The van der Waals surface area contributed by atoms with Crippen LogP contribution in [0.2, 0.25) is 10.0 Å². The van der Waals surface area contributed by atoms with E-state index in [1.54, 1.807) is 6.07 Å². The van der Waals surface area contributed by atoms with Gasteiger partial charge in [-0.1, -0.05) is 35.7 Å². The number of fused-ring (bicyclic) bond motifs is 1. The third kappa shape index (κ3) is 4.32. The molecule has 0 N–H and O–H groups in total. The molecule has 5 rings (SSSR count). The molecule has 0 radical (unpaired) electrons. The van der Waals surface area contributed by atoms with Crippen molar-refractivity contribution in [2.75, 3.05) is 45.9 Å². The Hall–Kier alpha value is -0.850. The Labute approximate surface area is 202 Å². The average Bonchev–Trinajstić information content (AvgIpc) is 3.27. The van der Waals surface area contributed by atoms with E-state index in [0.717, 1.165) is 44.2 Å². The normalized spacial score (nSPS) is 32.0. The van der Waals surface area contributed by atoms with Gasteiger partial charge in [0.25, 0.3) is 0 Å². The standard InChI is InChI=1S/C25H35Cl2N3O2/c1-25-17-32-16-22(28-9-2-3-10-28)24(25)30(12-11-29(25)15-18-5-4-6-18)23(31)14-19-7-8-20(26)21(27)13-19/h7-8,13,18,22,24H,2-6,9-12,14-17H2,1H3/t22?,24-,25?/m1/s1. The van der Waals surface area contributed by atoms with Crippen molar-refractivity contribution in [1.29, 1.82) is 0 Å². The number of amides is 1. The summed E-state index contributed by atoms with van der Waals surface area (Å²) in [6.07, 6.45) is 6.88. The second kappa shape index (κ2) is 9.42. The zero-order valence-corrected chi connectivity index (χ0v) is 20.6. The Morgan fingerprint density at radius 1 is 1.09 bits per heavy atom. The van der Waals surface area contributed by atoms with Crippen molar-refractivity contribution in [2.45, 2.75) is 63.1 Å². The molecule has 4 aliphatic rings. The van der Waals surface area contributed by atoms with Gasteiger partial charge in [0.1, 0.15) is 0 Å². The quantitative estimate of drug-likeness (QED) is 0.636. The van der Waals surface area contributed by atoms with Gasteiger partial charge in [0.15, 0.2) is 0 Å². The first-order chi connectivity index (χ1) is 15.5. The number of hydrogen-bond donors (Lipinski definition) is 0. The number of likely N-dealkylation sites (tertiary alicyclic amines) is 1. The lowest BCUT2D eigenvalue weighted by Crippen LogP contribution is -2.77. The zero-order chi connectivity index (χ0) is 22.3. The summed E-state index contributed by atoms with van der Waals surface area (Å²) in [5.74, 6) is 0.993. The SMILES string of the molecule is CC12COCC(N3CCCC3)[C@H]1N(C(=O)Cc1ccc(Cl)c(Cl)c1)CCN2CC1CCC1. The zero-order valence-electron chi connectivity index (χ0n) is 19.1. The number of nitrogens with zero attached hydrogens (tertiary/aromatic N) is 3. The van der Waals surface area contributed by atoms with E-state index < -0.39 is 0 Å². The molecule has 1 saturated carbocycles. The van der Waals surface area contributed by atoms with Crippen LogP contribution >= 0.6 is 23.2 Å². The molecule has 0 spiro atoms. The molecule has 176 valence electrons. The fourth-order valence-corrected chi connectivity index (χ4v) is 6.61. The van der Waals surface area contributed by atoms with Crippen LogP contribution in [0, 0.1) is 5.92 Å². The molecule has 2 unspecified atom stereocenters. The Kier molecular flexibility index (Phi) is 6.75. The lowest BCUT2D eigenvalue weighted by Gasteiger charge is -2.61. The van der Waals surface area contributed by atoms with Gasteiger partial charge in [-0.05, 0) is 69.3 Å². The van der Waals surface area contributed by atoms with Crippen molar-refractivity contribution in [1.82, 2.24) is 14.7 Å². The Morgan fingerprint density at radius 2 is 1.88 bits per heavy atom. The molecule has 32 heavy (non-hydrogen) atoms. The molecule has 1 aromatic carbocycles. The maximum Gasteiger partial charge on any atom is 0.227 e. The van der Waals surface area contributed by atoms with Crippen LogP contribution in [0.3, 0.4) is 0 Å². The second-order valence-electron chi connectivity index (χ2n) is 10.4. The predicted octanol–water partition coefficient (Wildman–Crippen LogP) is 4.10. The van der Waals surface area contributed by atoms with Gasteiger partial charge in [-0.2, -0.15) is 0 Å². The molecule has 0 aromatic heterocycles. The highest BCUT2D eigenvalue weighted by molar-refractivity contribution is 6.42. The smallest absolute Gasteiger partial charge is 0.227 e. The molecule has 3 atom stereocenters. The fraction of sp³-hybridized carbons (Fsp3) is 0.720. The van der Waals surface area contributed by atoms with Crippen LogP contribution in [-0.2, 0) is 16.0 Å². The van der Waals surface area contributed by atoms with E-state index in [9.17, 15) is 4.79 Å². The first-order valence-electron chi connectivity index (χ1n) is 12.3. The predicted molar refractivity (Wildman–Crippen MR) is 128 cm³/mol. The summed E-state index contributed by atoms with van der Waals surface area (Å²) in [7, 11) is 0. The van der Waals surface area contributed by atoms with E-state index in [4.69, 9.17) is 27.9 Å². The first kappa shape index (κ1) is 22.9. The van der Waals surface area contributed by atoms with E-state index in [0.29, 0.717) is 29.7 Å². The van der Waals surface area contributed by atoms with Gasteiger partial charge in [0.05, 0.1) is 47.3 Å². The minimum absolute atomic E-state index is 0.146. The van der Waals surface area contributed by atoms with Crippen LogP contribution in [0.25, 0.3) is 0 Å². The molecule has 1 amide bonds. The summed E-state index contributed by atoms with van der Waals surface area (Å²) < 4.78 is 6.25. The summed E-state index contributed by atoms with van der Waals surface area (Å²) >= 11 is 12.3. The minimum Gasteiger partial charge on any atom is -0.378 e. The van der Waals surface area contributed by atoms with Crippen molar-refractivity contribution in [3.63, 3.8) is 0 Å². The van der Waals surface area contributed by atoms with Gasteiger partial charge in [0, 0.05) is 19.6 Å². The van der Waals surface area contributed by atoms with Gasteiger partial charge in [-0.15, -0.1) is 0 Å². The van der Waals surface area contributed by atoms with E-state index in [1.807, 2.05) is 12.1 Å². The third-order valence-corrected chi connectivity index (χ3v) is 9.07. The Morgan fingerprint density at radius 3 is 2.56 bits per heavy atom. The van der Waals surface area contributed by atoms with E-state index in [-0.39, 0.29) is 23.5 Å². The van der Waals surface area contributed by atoms with Crippen LogP contribution in [0.15, 0.2) is 18.2 Å². The lowest BCUT2D eigenvalue weighted by molar-refractivity contribution is -0.175. The summed E-state index contributed by atoms with van der Waals surface area (Å²) in [4.78, 5) is 21.1. The van der Waals surface area contributed by atoms with Gasteiger partial charge in [-0.3, -0.25) is 14.6 Å². The third-order valence-electron chi connectivity index (χ3n) is 8.33. The van der Waals surface area contributed by atoms with Crippen molar-refractivity contribution in [3.8, 4) is 0 Å². The molecule has 3 heterocycles. The number of hydrogen-bond acceptors (Lipinski definition) is 4. The van der Waals surface area contributed by atoms with Crippen molar-refractivity contribution in [3.05, 3.63) is 33.8 Å². The highest BCUT2D eigenvalue weighted by Gasteiger charge is 2.55. The molecule has 3 aliphatic heterocycles. The number of halogens is 2. The van der Waals surface area contributed by atoms with Crippen LogP contribution in [-0.4, -0.2) is 84.2 Å². The summed E-state index contributed by atoms with van der Waals surface area (Å²) in [5.41, 5.74) is 0.778. The average molecular weight is 480 g/mol. The van der Waals surface area contributed by atoms with E-state index in [1.165, 1.54) is 32.1 Å². The van der Waals surface area contributed by atoms with Gasteiger partial charge >= 0.3 is 0 Å². The molecular formula is C25H35Cl2N3O2. The Balaban J connectivity index is 1.41. The summed E-state index contributed by atoms with van der Waals surface area (Å²) in [6.45, 7) is 8.83. The molecule has 7 heteroatoms. The highest BCUT2D eigenvalue weighted by atomic mass is 35.5. The molecule has 3 saturated heterocycles. The number of piperazine rings is 1. The topological polar surface area (TPSA) is 36.0 Å². The molecule has 0 bridgehead atoms. The molecule has 4 fully saturated rings. The largest absolute Gasteiger partial charge is 0.378 e.